The molecule has 0 radical (unpaired) electrons. The second-order valence-corrected chi connectivity index (χ2v) is 6.98. The Hall–Kier alpha value is -2.19. The number of ether oxygens (including phenoxy) is 1. The molecule has 2 N–H and O–H groups in total. The van der Waals surface area contributed by atoms with E-state index >= 15 is 0 Å². The van der Waals surface area contributed by atoms with Gasteiger partial charge in [0.05, 0.1) is 17.0 Å². The number of aryl methyl sites for hydroxylation is 1. The van der Waals surface area contributed by atoms with Gasteiger partial charge in [-0.15, -0.1) is 11.3 Å². The normalized spacial score (nSPS) is 10.2. The molecule has 0 aliphatic carbocycles. The highest BCUT2D eigenvalue weighted by atomic mass is 79.9. The molecule has 1 aromatic carbocycles. The van der Waals surface area contributed by atoms with Crippen LogP contribution in [0.1, 0.15) is 21.7 Å². The zero-order valence-corrected chi connectivity index (χ0v) is 15.9. The van der Waals surface area contributed by atoms with Crippen LogP contribution in [0.5, 0.6) is 0 Å². The van der Waals surface area contributed by atoms with Crippen molar-refractivity contribution < 1.29 is 19.1 Å². The highest BCUT2D eigenvalue weighted by Crippen LogP contribution is 2.23. The number of thiophene rings is 1. The van der Waals surface area contributed by atoms with E-state index in [1.807, 2.05) is 19.1 Å². The van der Waals surface area contributed by atoms with Crippen LogP contribution in [-0.4, -0.2) is 30.9 Å². The van der Waals surface area contributed by atoms with Gasteiger partial charge in [0, 0.05) is 11.0 Å². The van der Waals surface area contributed by atoms with Crippen molar-refractivity contribution in [1.82, 2.24) is 5.32 Å². The van der Waals surface area contributed by atoms with E-state index < -0.39 is 11.9 Å². The fraction of sp³-hybridized carbons (Fsp3) is 0.235. The number of esters is 1. The maximum Gasteiger partial charge on any atom is 0.308 e. The van der Waals surface area contributed by atoms with Crippen molar-refractivity contribution in [2.24, 2.45) is 0 Å². The number of halogens is 1. The zero-order valence-electron chi connectivity index (χ0n) is 13.5. The Bertz CT molecular complexity index is 762. The Morgan fingerprint density at radius 2 is 2.04 bits per heavy atom. The highest BCUT2D eigenvalue weighted by molar-refractivity contribution is 9.10. The Morgan fingerprint density at radius 1 is 1.24 bits per heavy atom. The lowest BCUT2D eigenvalue weighted by Gasteiger charge is -2.09. The summed E-state index contributed by atoms with van der Waals surface area (Å²) in [6.45, 7) is 1.72. The monoisotopic (exact) mass is 424 g/mol. The lowest BCUT2D eigenvalue weighted by molar-refractivity contribution is -0.147. The van der Waals surface area contributed by atoms with Crippen LogP contribution in [0, 0.1) is 6.92 Å². The molecule has 0 atom stereocenters. The van der Waals surface area contributed by atoms with Gasteiger partial charge in [-0.1, -0.05) is 12.1 Å². The van der Waals surface area contributed by atoms with Gasteiger partial charge in [-0.2, -0.15) is 0 Å². The zero-order chi connectivity index (χ0) is 18.2. The first-order chi connectivity index (χ1) is 12.0. The molecule has 0 aliphatic rings. The molecule has 0 spiro atoms. The van der Waals surface area contributed by atoms with Crippen LogP contribution >= 0.6 is 27.3 Å². The van der Waals surface area contributed by atoms with Crippen molar-refractivity contribution in [2.75, 3.05) is 18.5 Å². The fourth-order valence-electron chi connectivity index (χ4n) is 1.90. The second kappa shape index (κ2) is 9.33. The van der Waals surface area contributed by atoms with Gasteiger partial charge in [-0.05, 0) is 52.0 Å². The van der Waals surface area contributed by atoms with Crippen molar-refractivity contribution in [2.45, 2.75) is 13.3 Å². The van der Waals surface area contributed by atoms with Crippen LogP contribution in [0.4, 0.5) is 5.69 Å². The summed E-state index contributed by atoms with van der Waals surface area (Å²) in [4.78, 5) is 35.7. The van der Waals surface area contributed by atoms with Gasteiger partial charge in [0.25, 0.3) is 11.8 Å². The molecule has 0 fully saturated rings. The van der Waals surface area contributed by atoms with Crippen molar-refractivity contribution >= 4 is 50.7 Å². The van der Waals surface area contributed by atoms with E-state index in [0.29, 0.717) is 10.6 Å². The van der Waals surface area contributed by atoms with Gasteiger partial charge in [0.1, 0.15) is 0 Å². The summed E-state index contributed by atoms with van der Waals surface area (Å²) in [5.74, 6) is -1.21. The van der Waals surface area contributed by atoms with E-state index in [4.69, 9.17) is 4.74 Å². The third-order valence-corrected chi connectivity index (χ3v) is 4.65. The second-order valence-electron chi connectivity index (χ2n) is 5.18. The minimum Gasteiger partial charge on any atom is -0.456 e. The third-order valence-electron chi connectivity index (χ3n) is 3.12. The Kier molecular flexibility index (Phi) is 7.15. The Balaban J connectivity index is 1.67. The van der Waals surface area contributed by atoms with Crippen LogP contribution in [0.15, 0.2) is 40.2 Å². The molecule has 1 heterocycles. The topological polar surface area (TPSA) is 84.5 Å². The maximum atomic E-state index is 11.8. The number of benzene rings is 1. The minimum absolute atomic E-state index is 0.00137. The lowest BCUT2D eigenvalue weighted by Crippen LogP contribution is -2.27. The van der Waals surface area contributed by atoms with Gasteiger partial charge < -0.3 is 15.4 Å². The first-order valence-electron chi connectivity index (χ1n) is 7.49. The molecule has 1 aromatic heterocycles. The molecule has 6 nitrogen and oxygen atoms in total. The molecule has 0 saturated heterocycles. The lowest BCUT2D eigenvalue weighted by atomic mass is 10.2. The average molecular weight is 425 g/mol. The SMILES string of the molecule is Cc1ccc(NC(=O)COC(=O)CCNC(=O)c2cccs2)c(Br)c1. The molecule has 8 heteroatoms. The van der Waals surface area contributed by atoms with Gasteiger partial charge in [-0.3, -0.25) is 14.4 Å². The molecule has 0 unspecified atom stereocenters. The van der Waals surface area contributed by atoms with Gasteiger partial charge in [-0.25, -0.2) is 0 Å². The standard InChI is InChI=1S/C17H17BrN2O4S/c1-11-4-5-13(12(18)9-11)20-15(21)10-24-16(22)6-7-19-17(23)14-3-2-8-25-14/h2-5,8-9H,6-7,10H2,1H3,(H,19,23)(H,20,21). The number of rotatable bonds is 7. The molecule has 132 valence electrons. The number of hydrogen-bond acceptors (Lipinski definition) is 5. The minimum atomic E-state index is -0.551. The molecular formula is C17H17BrN2O4S. The van der Waals surface area contributed by atoms with Gasteiger partial charge in [0.2, 0.25) is 0 Å². The molecule has 25 heavy (non-hydrogen) atoms. The smallest absolute Gasteiger partial charge is 0.308 e. The van der Waals surface area contributed by atoms with Crippen molar-refractivity contribution in [3.05, 3.63) is 50.6 Å². The highest BCUT2D eigenvalue weighted by Gasteiger charge is 2.11. The summed E-state index contributed by atoms with van der Waals surface area (Å²) in [5, 5.41) is 7.07. The molecule has 2 rings (SSSR count). The Morgan fingerprint density at radius 3 is 2.72 bits per heavy atom. The van der Waals surface area contributed by atoms with E-state index in [1.54, 1.807) is 23.6 Å². The van der Waals surface area contributed by atoms with Crippen LogP contribution in [0.25, 0.3) is 0 Å². The largest absolute Gasteiger partial charge is 0.456 e. The van der Waals surface area contributed by atoms with Crippen LogP contribution in [0.3, 0.4) is 0 Å². The van der Waals surface area contributed by atoms with Crippen LogP contribution < -0.4 is 10.6 Å². The average Bonchev–Trinajstić information content (AvgIpc) is 3.10. The number of nitrogens with one attached hydrogen (secondary N) is 2. The molecule has 0 bridgehead atoms. The predicted octanol–water partition coefficient (Wildman–Crippen LogP) is 3.12. The van der Waals surface area contributed by atoms with Gasteiger partial charge in [0.15, 0.2) is 6.61 Å². The van der Waals surface area contributed by atoms with Crippen molar-refractivity contribution in [3.8, 4) is 0 Å². The first-order valence-corrected chi connectivity index (χ1v) is 9.16. The summed E-state index contributed by atoms with van der Waals surface area (Å²) in [6, 6.07) is 8.98. The molecule has 2 aromatic rings. The number of hydrogen-bond donors (Lipinski definition) is 2. The quantitative estimate of drug-likeness (QED) is 0.668. The molecule has 2 amide bonds. The van der Waals surface area contributed by atoms with E-state index in [-0.39, 0.29) is 25.5 Å². The number of anilines is 1. The van der Waals surface area contributed by atoms with Crippen LogP contribution in [-0.2, 0) is 14.3 Å². The summed E-state index contributed by atoms with van der Waals surface area (Å²) in [7, 11) is 0. The van der Waals surface area contributed by atoms with Gasteiger partial charge >= 0.3 is 5.97 Å². The Labute approximate surface area is 157 Å². The first kappa shape index (κ1) is 19.1. The summed E-state index contributed by atoms with van der Waals surface area (Å²) >= 11 is 4.68. The molecular weight excluding hydrogens is 408 g/mol. The van der Waals surface area contributed by atoms with E-state index in [0.717, 1.165) is 10.0 Å². The summed E-state index contributed by atoms with van der Waals surface area (Å²) < 4.78 is 5.65. The summed E-state index contributed by atoms with van der Waals surface area (Å²) in [6.07, 6.45) is -0.00137. The van der Waals surface area contributed by atoms with E-state index in [2.05, 4.69) is 26.6 Å². The number of amides is 2. The summed E-state index contributed by atoms with van der Waals surface area (Å²) in [5.41, 5.74) is 1.66. The predicted molar refractivity (Wildman–Crippen MR) is 99.7 cm³/mol. The number of carbonyl (C=O) groups excluding carboxylic acids is 3. The van der Waals surface area contributed by atoms with Crippen molar-refractivity contribution in [1.29, 1.82) is 0 Å². The third kappa shape index (κ3) is 6.32. The van der Waals surface area contributed by atoms with Crippen LogP contribution in [0.2, 0.25) is 0 Å². The van der Waals surface area contributed by atoms with E-state index in [1.165, 1.54) is 11.3 Å². The fourth-order valence-corrected chi connectivity index (χ4v) is 3.13. The number of carbonyl (C=O) groups is 3. The molecule has 0 saturated carbocycles. The molecule has 0 aliphatic heterocycles. The van der Waals surface area contributed by atoms with E-state index in [9.17, 15) is 14.4 Å². The maximum absolute atomic E-state index is 11.8. The van der Waals surface area contributed by atoms with Crippen molar-refractivity contribution in [3.63, 3.8) is 0 Å².